The van der Waals surface area contributed by atoms with Crippen molar-refractivity contribution in [3.63, 3.8) is 0 Å². The van der Waals surface area contributed by atoms with Crippen LogP contribution in [0.5, 0.6) is 0 Å². The zero-order chi connectivity index (χ0) is 14.1. The van der Waals surface area contributed by atoms with E-state index in [9.17, 15) is 4.79 Å². The van der Waals surface area contributed by atoms with Crippen molar-refractivity contribution in [2.75, 3.05) is 6.54 Å². The number of hydrogen-bond acceptors (Lipinski definition) is 2. The van der Waals surface area contributed by atoms with Crippen molar-refractivity contribution in [2.45, 2.75) is 45.2 Å². The van der Waals surface area contributed by atoms with Gasteiger partial charge in [-0.15, -0.1) is 0 Å². The van der Waals surface area contributed by atoms with Gasteiger partial charge in [0, 0.05) is 0 Å². The lowest BCUT2D eigenvalue weighted by Crippen LogP contribution is -2.44. The third-order valence-corrected chi connectivity index (χ3v) is 4.93. The summed E-state index contributed by atoms with van der Waals surface area (Å²) in [6.07, 6.45) is 3.78. The first kappa shape index (κ1) is 13.6. The highest BCUT2D eigenvalue weighted by Gasteiger charge is 2.42. The third kappa shape index (κ3) is 2.59. The Labute approximate surface area is 121 Å². The number of benzene rings is 1. The van der Waals surface area contributed by atoms with Crippen LogP contribution in [0.2, 0.25) is 0 Å². The van der Waals surface area contributed by atoms with Gasteiger partial charge in [0.15, 0.2) is 0 Å². The Morgan fingerprint density at radius 3 is 3.05 bits per heavy atom. The van der Waals surface area contributed by atoms with Crippen LogP contribution < -0.4 is 10.6 Å². The summed E-state index contributed by atoms with van der Waals surface area (Å²) in [6, 6.07) is 8.46. The van der Waals surface area contributed by atoms with E-state index in [0.29, 0.717) is 5.92 Å². The van der Waals surface area contributed by atoms with Gasteiger partial charge in [-0.1, -0.05) is 36.2 Å². The lowest BCUT2D eigenvalue weighted by molar-refractivity contribution is -0.124. The summed E-state index contributed by atoms with van der Waals surface area (Å²) in [4.78, 5) is 12.5. The molecule has 2 fully saturated rings. The monoisotopic (exact) mass is 272 g/mol. The van der Waals surface area contributed by atoms with Crippen molar-refractivity contribution < 1.29 is 4.79 Å². The molecule has 1 aromatic rings. The first-order valence-electron chi connectivity index (χ1n) is 7.75. The predicted octanol–water partition coefficient (Wildman–Crippen LogP) is 2.56. The minimum Gasteiger partial charge on any atom is -0.348 e. The number of hydrogen-bond donors (Lipinski definition) is 2. The van der Waals surface area contributed by atoms with Crippen molar-refractivity contribution in [3.8, 4) is 0 Å². The lowest BCUT2D eigenvalue weighted by Gasteiger charge is -2.21. The van der Waals surface area contributed by atoms with Crippen LogP contribution in [0.1, 0.15) is 43.4 Å². The van der Waals surface area contributed by atoms with E-state index in [4.69, 9.17) is 0 Å². The first-order chi connectivity index (χ1) is 9.65. The van der Waals surface area contributed by atoms with Gasteiger partial charge in [-0.2, -0.15) is 0 Å². The second-order valence-corrected chi connectivity index (χ2v) is 6.39. The van der Waals surface area contributed by atoms with Crippen molar-refractivity contribution >= 4 is 5.91 Å². The molecule has 1 aliphatic heterocycles. The fourth-order valence-electron chi connectivity index (χ4n) is 3.80. The minimum atomic E-state index is 0.0229. The van der Waals surface area contributed by atoms with E-state index in [1.54, 1.807) is 0 Å². The molecule has 0 aromatic heterocycles. The molecule has 2 N–H and O–H groups in total. The molecule has 1 amide bonds. The zero-order valence-electron chi connectivity index (χ0n) is 12.4. The van der Waals surface area contributed by atoms with Gasteiger partial charge >= 0.3 is 0 Å². The molecule has 4 atom stereocenters. The second-order valence-electron chi connectivity index (χ2n) is 6.39. The summed E-state index contributed by atoms with van der Waals surface area (Å²) >= 11 is 0. The van der Waals surface area contributed by atoms with Crippen LogP contribution in [0.3, 0.4) is 0 Å². The van der Waals surface area contributed by atoms with E-state index in [0.717, 1.165) is 12.5 Å². The van der Waals surface area contributed by atoms with E-state index in [2.05, 4.69) is 42.7 Å². The largest absolute Gasteiger partial charge is 0.348 e. The lowest BCUT2D eigenvalue weighted by atomic mass is 9.93. The highest BCUT2D eigenvalue weighted by molar-refractivity contribution is 5.83. The highest BCUT2D eigenvalue weighted by Crippen LogP contribution is 2.37. The number of carbonyl (C=O) groups is 1. The fourth-order valence-corrected chi connectivity index (χ4v) is 3.80. The van der Waals surface area contributed by atoms with E-state index in [1.165, 1.54) is 30.4 Å². The molecule has 0 bridgehead atoms. The second kappa shape index (κ2) is 5.57. The average molecular weight is 272 g/mol. The number of fused-ring (bicyclic) bond motifs is 1. The van der Waals surface area contributed by atoms with Crippen LogP contribution in [0, 0.1) is 18.8 Å². The van der Waals surface area contributed by atoms with Crippen molar-refractivity contribution in [1.82, 2.24) is 10.6 Å². The van der Waals surface area contributed by atoms with Gasteiger partial charge in [-0.05, 0) is 50.6 Å². The van der Waals surface area contributed by atoms with Gasteiger partial charge < -0.3 is 10.6 Å². The highest BCUT2D eigenvalue weighted by atomic mass is 16.2. The quantitative estimate of drug-likeness (QED) is 0.888. The third-order valence-electron chi connectivity index (χ3n) is 4.93. The molecule has 3 unspecified atom stereocenters. The normalized spacial score (nSPS) is 30.0. The Balaban J connectivity index is 1.64. The van der Waals surface area contributed by atoms with Gasteiger partial charge in [-0.25, -0.2) is 0 Å². The molecule has 1 saturated heterocycles. The summed E-state index contributed by atoms with van der Waals surface area (Å²) in [5.41, 5.74) is 2.41. The van der Waals surface area contributed by atoms with Crippen LogP contribution in [0.4, 0.5) is 0 Å². The Morgan fingerprint density at radius 2 is 2.25 bits per heavy atom. The van der Waals surface area contributed by atoms with Crippen LogP contribution in [-0.2, 0) is 4.79 Å². The molecule has 1 aliphatic carbocycles. The fraction of sp³-hybridized carbons (Fsp3) is 0.588. The Bertz CT molecular complexity index is 500. The molecule has 1 aromatic carbocycles. The number of nitrogens with one attached hydrogen (secondary N) is 2. The Morgan fingerprint density at radius 1 is 1.40 bits per heavy atom. The molecular weight excluding hydrogens is 248 g/mol. The van der Waals surface area contributed by atoms with Crippen LogP contribution in [0.15, 0.2) is 24.3 Å². The van der Waals surface area contributed by atoms with Gasteiger partial charge in [0.2, 0.25) is 5.91 Å². The first-order valence-corrected chi connectivity index (χ1v) is 7.75. The Hall–Kier alpha value is -1.35. The van der Waals surface area contributed by atoms with Crippen LogP contribution in [0.25, 0.3) is 0 Å². The van der Waals surface area contributed by atoms with Crippen LogP contribution in [-0.4, -0.2) is 18.5 Å². The summed E-state index contributed by atoms with van der Waals surface area (Å²) in [6.45, 7) is 5.16. The maximum atomic E-state index is 12.5. The van der Waals surface area contributed by atoms with E-state index >= 15 is 0 Å². The predicted molar refractivity (Wildman–Crippen MR) is 80.4 cm³/mol. The summed E-state index contributed by atoms with van der Waals surface area (Å²) < 4.78 is 0. The van der Waals surface area contributed by atoms with Crippen molar-refractivity contribution in [2.24, 2.45) is 11.8 Å². The molecule has 0 radical (unpaired) electrons. The topological polar surface area (TPSA) is 41.1 Å². The zero-order valence-corrected chi connectivity index (χ0v) is 12.4. The van der Waals surface area contributed by atoms with Gasteiger partial charge in [0.25, 0.3) is 0 Å². The van der Waals surface area contributed by atoms with E-state index in [-0.39, 0.29) is 18.0 Å². The smallest absolute Gasteiger partial charge is 0.237 e. The van der Waals surface area contributed by atoms with Gasteiger partial charge in [-0.3, -0.25) is 4.79 Å². The van der Waals surface area contributed by atoms with Crippen molar-refractivity contribution in [3.05, 3.63) is 35.4 Å². The molecule has 3 heteroatoms. The standard InChI is InChI=1S/C17H24N2O/c1-11-5-3-6-13(9-11)12(2)19-17(20)16-15-8-4-7-14(15)10-18-16/h3,5-6,9,12,14-16,18H,4,7-8,10H2,1-2H3,(H,19,20)/t12-,14?,15?,16?/m1/s1. The number of carbonyl (C=O) groups excluding carboxylic acids is 1. The Kier molecular flexibility index (Phi) is 3.79. The molecule has 1 saturated carbocycles. The summed E-state index contributed by atoms with van der Waals surface area (Å²) in [7, 11) is 0. The molecule has 108 valence electrons. The molecule has 1 heterocycles. The molecule has 20 heavy (non-hydrogen) atoms. The van der Waals surface area contributed by atoms with Gasteiger partial charge in [0.05, 0.1) is 12.1 Å². The minimum absolute atomic E-state index is 0.0229. The summed E-state index contributed by atoms with van der Waals surface area (Å²) in [5, 5.41) is 6.59. The molecule has 3 rings (SSSR count). The van der Waals surface area contributed by atoms with Gasteiger partial charge in [0.1, 0.15) is 0 Å². The maximum absolute atomic E-state index is 12.5. The number of amides is 1. The number of aryl methyl sites for hydroxylation is 1. The van der Waals surface area contributed by atoms with E-state index < -0.39 is 0 Å². The van der Waals surface area contributed by atoms with Crippen molar-refractivity contribution in [1.29, 1.82) is 0 Å². The van der Waals surface area contributed by atoms with Crippen LogP contribution >= 0.6 is 0 Å². The molecule has 2 aliphatic rings. The number of rotatable bonds is 3. The molecular formula is C17H24N2O. The maximum Gasteiger partial charge on any atom is 0.237 e. The molecule has 3 nitrogen and oxygen atoms in total. The average Bonchev–Trinajstić information content (AvgIpc) is 3.00. The summed E-state index contributed by atoms with van der Waals surface area (Å²) in [5.74, 6) is 1.45. The molecule has 0 spiro atoms. The van der Waals surface area contributed by atoms with E-state index in [1.807, 2.05) is 6.07 Å². The SMILES string of the molecule is Cc1cccc([C@@H](C)NC(=O)C2NCC3CCCC32)c1.